The lowest BCUT2D eigenvalue weighted by molar-refractivity contribution is -0.133. The second-order valence-corrected chi connectivity index (χ2v) is 8.10. The zero-order chi connectivity index (χ0) is 19.2. The number of carbonyl (C=O) groups is 1. The minimum atomic E-state index is -0.565. The van der Waals surface area contributed by atoms with Gasteiger partial charge in [0.2, 0.25) is 5.91 Å². The van der Waals surface area contributed by atoms with Crippen LogP contribution in [0.1, 0.15) is 31.7 Å². The fourth-order valence-electron chi connectivity index (χ4n) is 3.04. The van der Waals surface area contributed by atoms with Crippen molar-refractivity contribution in [1.29, 1.82) is 0 Å². The van der Waals surface area contributed by atoms with Crippen LogP contribution in [0, 0.1) is 0 Å². The van der Waals surface area contributed by atoms with Gasteiger partial charge in [-0.25, -0.2) is 0 Å². The molecule has 1 aliphatic rings. The Morgan fingerprint density at radius 3 is 2.85 bits per heavy atom. The molecule has 6 heteroatoms. The van der Waals surface area contributed by atoms with Gasteiger partial charge >= 0.3 is 0 Å². The number of carbonyl (C=O) groups excluding carboxylic acids is 1. The van der Waals surface area contributed by atoms with Gasteiger partial charge < -0.3 is 14.7 Å². The second kappa shape index (κ2) is 9.24. The van der Waals surface area contributed by atoms with E-state index in [1.54, 1.807) is 17.3 Å². The zero-order valence-electron chi connectivity index (χ0n) is 15.7. The van der Waals surface area contributed by atoms with Crippen LogP contribution >= 0.6 is 11.8 Å². The number of amides is 1. The smallest absolute Gasteiger partial charge is 0.233 e. The standard InChI is InChI=1S/C21H26N2O3S/c1-15(2)16-4-3-5-17(12-16)26-20-13-23(11-8-19(20)24)21(25)14-27-18-6-9-22-10-7-18/h3-7,9-10,12,15,19-20,24H,8,11,13-14H2,1-2H3/t19-,20-/m1/s1. The lowest BCUT2D eigenvalue weighted by Gasteiger charge is -2.36. The van der Waals surface area contributed by atoms with E-state index in [-0.39, 0.29) is 5.91 Å². The number of likely N-dealkylation sites (tertiary alicyclic amines) is 1. The minimum absolute atomic E-state index is 0.0632. The Kier molecular flexibility index (Phi) is 6.74. The molecule has 1 saturated heterocycles. The number of nitrogens with zero attached hydrogens (tertiary/aromatic N) is 2. The van der Waals surface area contributed by atoms with Crippen molar-refractivity contribution in [2.75, 3.05) is 18.8 Å². The van der Waals surface area contributed by atoms with Crippen molar-refractivity contribution >= 4 is 17.7 Å². The van der Waals surface area contributed by atoms with Crippen molar-refractivity contribution in [3.05, 3.63) is 54.4 Å². The Bertz CT molecular complexity index is 754. The fraction of sp³-hybridized carbons (Fsp3) is 0.429. The zero-order valence-corrected chi connectivity index (χ0v) is 16.6. The maximum atomic E-state index is 12.6. The number of hydrogen-bond acceptors (Lipinski definition) is 5. The summed E-state index contributed by atoms with van der Waals surface area (Å²) in [6.07, 6.45) is 3.00. The van der Waals surface area contributed by atoms with E-state index >= 15 is 0 Å². The molecule has 0 spiro atoms. The van der Waals surface area contributed by atoms with E-state index in [1.165, 1.54) is 17.3 Å². The third-order valence-corrected chi connectivity index (χ3v) is 5.70. The van der Waals surface area contributed by atoms with Crippen molar-refractivity contribution < 1.29 is 14.6 Å². The molecular formula is C21H26N2O3S. The maximum Gasteiger partial charge on any atom is 0.233 e. The SMILES string of the molecule is CC(C)c1cccc(O[C@@H]2CN(C(=O)CSc3ccncc3)CC[C@H]2O)c1. The summed E-state index contributed by atoms with van der Waals surface area (Å²) in [7, 11) is 0. The van der Waals surface area contributed by atoms with Crippen LogP contribution in [0.3, 0.4) is 0 Å². The highest BCUT2D eigenvalue weighted by Gasteiger charge is 2.31. The first-order valence-electron chi connectivity index (χ1n) is 9.28. The molecule has 2 atom stereocenters. The molecule has 5 nitrogen and oxygen atoms in total. The van der Waals surface area contributed by atoms with Crippen molar-refractivity contribution in [2.24, 2.45) is 0 Å². The van der Waals surface area contributed by atoms with Crippen molar-refractivity contribution in [3.8, 4) is 5.75 Å². The molecule has 3 rings (SSSR count). The van der Waals surface area contributed by atoms with Crippen LogP contribution in [0.15, 0.2) is 53.7 Å². The number of hydrogen-bond donors (Lipinski definition) is 1. The summed E-state index contributed by atoms with van der Waals surface area (Å²) < 4.78 is 6.04. The van der Waals surface area contributed by atoms with E-state index in [2.05, 4.69) is 24.9 Å². The number of rotatable bonds is 6. The van der Waals surface area contributed by atoms with Crippen molar-refractivity contribution in [2.45, 2.75) is 43.3 Å². The van der Waals surface area contributed by atoms with Crippen molar-refractivity contribution in [1.82, 2.24) is 9.88 Å². The fourth-order valence-corrected chi connectivity index (χ4v) is 3.83. The first-order valence-corrected chi connectivity index (χ1v) is 10.3. The lowest BCUT2D eigenvalue weighted by Crippen LogP contribution is -2.51. The van der Waals surface area contributed by atoms with E-state index in [9.17, 15) is 9.90 Å². The highest BCUT2D eigenvalue weighted by molar-refractivity contribution is 8.00. The molecule has 0 radical (unpaired) electrons. The van der Waals surface area contributed by atoms with Crippen LogP contribution in [0.25, 0.3) is 0 Å². The van der Waals surface area contributed by atoms with Gasteiger partial charge in [-0.15, -0.1) is 11.8 Å². The summed E-state index contributed by atoms with van der Waals surface area (Å²) in [5, 5.41) is 10.3. The van der Waals surface area contributed by atoms with Gasteiger partial charge in [0.25, 0.3) is 0 Å². The summed E-state index contributed by atoms with van der Waals surface area (Å²) in [5.74, 6) is 1.59. The molecule has 1 aromatic heterocycles. The third kappa shape index (κ3) is 5.47. The molecule has 1 aliphatic heterocycles. The van der Waals surface area contributed by atoms with E-state index in [1.807, 2.05) is 30.3 Å². The number of aliphatic hydroxyl groups excluding tert-OH is 1. The van der Waals surface area contributed by atoms with Gasteiger partial charge in [0.1, 0.15) is 11.9 Å². The summed E-state index contributed by atoms with van der Waals surface area (Å²) in [6, 6.07) is 11.7. The molecule has 0 saturated carbocycles. The monoisotopic (exact) mass is 386 g/mol. The lowest BCUT2D eigenvalue weighted by atomic mass is 10.0. The highest BCUT2D eigenvalue weighted by atomic mass is 32.2. The molecule has 1 aromatic carbocycles. The van der Waals surface area contributed by atoms with Crippen LogP contribution in [-0.4, -0.2) is 51.9 Å². The predicted octanol–water partition coefficient (Wildman–Crippen LogP) is 3.34. The molecule has 0 unspecified atom stereocenters. The van der Waals surface area contributed by atoms with Gasteiger partial charge in [-0.3, -0.25) is 9.78 Å². The quantitative estimate of drug-likeness (QED) is 0.772. The number of benzene rings is 1. The Balaban J connectivity index is 1.58. The molecule has 0 aliphatic carbocycles. The Hall–Kier alpha value is -2.05. The summed E-state index contributed by atoms with van der Waals surface area (Å²) in [6.45, 7) is 5.23. The summed E-state index contributed by atoms with van der Waals surface area (Å²) in [4.78, 5) is 19.4. The second-order valence-electron chi connectivity index (χ2n) is 7.05. The molecule has 2 heterocycles. The highest BCUT2D eigenvalue weighted by Crippen LogP contribution is 2.24. The molecule has 1 N–H and O–H groups in total. The number of piperidine rings is 1. The summed E-state index contributed by atoms with van der Waals surface area (Å²) >= 11 is 1.50. The van der Waals surface area contributed by atoms with Crippen LogP contribution in [0.5, 0.6) is 5.75 Å². The van der Waals surface area contributed by atoms with E-state index in [0.29, 0.717) is 31.2 Å². The average Bonchev–Trinajstić information content (AvgIpc) is 2.69. The van der Waals surface area contributed by atoms with Crippen LogP contribution in [0.4, 0.5) is 0 Å². The minimum Gasteiger partial charge on any atom is -0.486 e. The van der Waals surface area contributed by atoms with E-state index in [4.69, 9.17) is 4.74 Å². The molecule has 0 bridgehead atoms. The van der Waals surface area contributed by atoms with Gasteiger partial charge in [0, 0.05) is 23.8 Å². The van der Waals surface area contributed by atoms with Gasteiger partial charge in [-0.1, -0.05) is 26.0 Å². The van der Waals surface area contributed by atoms with E-state index < -0.39 is 12.2 Å². The van der Waals surface area contributed by atoms with Gasteiger partial charge in [-0.05, 0) is 42.2 Å². The normalized spacial score (nSPS) is 19.9. The van der Waals surface area contributed by atoms with Crippen LogP contribution < -0.4 is 4.74 Å². The Labute approximate surface area is 164 Å². The number of thioether (sulfide) groups is 1. The van der Waals surface area contributed by atoms with Gasteiger partial charge in [-0.2, -0.15) is 0 Å². The third-order valence-electron chi connectivity index (χ3n) is 4.70. The van der Waals surface area contributed by atoms with Crippen LogP contribution in [-0.2, 0) is 4.79 Å². The van der Waals surface area contributed by atoms with Gasteiger partial charge in [0.05, 0.1) is 18.4 Å². The number of aliphatic hydroxyl groups is 1. The average molecular weight is 387 g/mol. The first kappa shape index (κ1) is 19.7. The molecule has 1 amide bonds. The first-order chi connectivity index (χ1) is 13.0. The largest absolute Gasteiger partial charge is 0.486 e. The molecule has 1 fully saturated rings. The van der Waals surface area contributed by atoms with E-state index in [0.717, 1.165) is 10.6 Å². The Morgan fingerprint density at radius 2 is 2.11 bits per heavy atom. The van der Waals surface area contributed by atoms with Gasteiger partial charge in [0.15, 0.2) is 0 Å². The molecule has 144 valence electrons. The molecular weight excluding hydrogens is 360 g/mol. The maximum absolute atomic E-state index is 12.6. The van der Waals surface area contributed by atoms with Crippen molar-refractivity contribution in [3.63, 3.8) is 0 Å². The Morgan fingerprint density at radius 1 is 1.33 bits per heavy atom. The molecule has 2 aromatic rings. The number of ether oxygens (including phenoxy) is 1. The topological polar surface area (TPSA) is 62.7 Å². The molecule has 27 heavy (non-hydrogen) atoms. The summed E-state index contributed by atoms with van der Waals surface area (Å²) in [5.41, 5.74) is 1.19. The van der Waals surface area contributed by atoms with Crippen LogP contribution in [0.2, 0.25) is 0 Å². The number of pyridine rings is 1. The predicted molar refractivity (Wildman–Crippen MR) is 107 cm³/mol. The number of aromatic nitrogens is 1.